The zero-order chi connectivity index (χ0) is 9.14. The van der Waals surface area contributed by atoms with Gasteiger partial charge in [0.1, 0.15) is 0 Å². The van der Waals surface area contributed by atoms with Gasteiger partial charge in [-0.15, -0.1) is 0 Å². The molecule has 0 saturated heterocycles. The van der Waals surface area contributed by atoms with Crippen LogP contribution in [0.1, 0.15) is 40.0 Å². The minimum atomic E-state index is 0.402. The average molecular weight is 170 g/mol. The number of hydrogen-bond donors (Lipinski definition) is 0. The van der Waals surface area contributed by atoms with Crippen LogP contribution in [-0.4, -0.2) is 5.78 Å². The molecule has 0 N–H and O–H groups in total. The van der Waals surface area contributed by atoms with E-state index >= 15 is 0 Å². The van der Waals surface area contributed by atoms with Crippen LogP contribution in [0, 0.1) is 17.8 Å². The zero-order valence-electron chi connectivity index (χ0n) is 8.17. The number of carbonyl (C=O) groups excluding carboxylic acids is 1. The van der Waals surface area contributed by atoms with E-state index in [2.05, 4.69) is 25.3 Å². The molecule has 0 aromatic rings. The van der Waals surface area contributed by atoms with Crippen LogP contribution in [0.5, 0.6) is 0 Å². The first kappa shape index (κ1) is 9.56. The highest BCUT2D eigenvalue weighted by atomic mass is 17.1. The first-order chi connectivity index (χ1) is 5.65. The van der Waals surface area contributed by atoms with Crippen LogP contribution >= 0.6 is 0 Å². The van der Waals surface area contributed by atoms with Gasteiger partial charge in [-0.2, -0.15) is 4.58 Å². The van der Waals surface area contributed by atoms with Crippen LogP contribution in [0.4, 0.5) is 0 Å². The van der Waals surface area contributed by atoms with Crippen molar-refractivity contribution >= 4 is 5.78 Å². The Hall–Kier alpha value is -0.530. The van der Waals surface area contributed by atoms with Gasteiger partial charge in [0.15, 0.2) is 0 Å². The van der Waals surface area contributed by atoms with E-state index in [-0.39, 0.29) is 0 Å². The van der Waals surface area contributed by atoms with E-state index in [0.717, 1.165) is 18.6 Å². The lowest BCUT2D eigenvalue weighted by Crippen LogP contribution is -2.31. The summed E-state index contributed by atoms with van der Waals surface area (Å²) in [7, 11) is 0. The molecule has 2 atom stereocenters. The third kappa shape index (κ3) is 1.99. The number of rotatable bonds is 1. The van der Waals surface area contributed by atoms with Crippen molar-refractivity contribution in [3.8, 4) is 0 Å². The summed E-state index contributed by atoms with van der Waals surface area (Å²) < 4.78 is 4.20. The van der Waals surface area contributed by atoms with Crippen LogP contribution in [-0.2, 0) is 4.58 Å². The maximum Gasteiger partial charge on any atom is 0.332 e. The molecule has 12 heavy (non-hydrogen) atoms. The second-order valence-electron chi connectivity index (χ2n) is 4.29. The quantitative estimate of drug-likeness (QED) is 0.333. The first-order valence-corrected chi connectivity index (χ1v) is 4.80. The van der Waals surface area contributed by atoms with E-state index in [9.17, 15) is 5.26 Å². The summed E-state index contributed by atoms with van der Waals surface area (Å²) in [5.74, 6) is 2.35. The van der Waals surface area contributed by atoms with Gasteiger partial charge >= 0.3 is 5.78 Å². The Morgan fingerprint density at radius 1 is 1.42 bits per heavy atom. The Kier molecular flexibility index (Phi) is 3.12. The van der Waals surface area contributed by atoms with Crippen LogP contribution in [0.15, 0.2) is 0 Å². The third-order valence-electron chi connectivity index (χ3n) is 2.85. The molecule has 70 valence electrons. The molecule has 0 bridgehead atoms. The molecule has 1 fully saturated rings. The van der Waals surface area contributed by atoms with Crippen LogP contribution in [0.2, 0.25) is 0 Å². The highest BCUT2D eigenvalue weighted by molar-refractivity contribution is 5.82. The molecule has 0 aromatic carbocycles. The van der Waals surface area contributed by atoms with Crippen LogP contribution in [0.25, 0.3) is 0 Å². The minimum absolute atomic E-state index is 0.402. The van der Waals surface area contributed by atoms with Gasteiger partial charge in [0.2, 0.25) is 0 Å². The Morgan fingerprint density at radius 3 is 2.58 bits per heavy atom. The van der Waals surface area contributed by atoms with E-state index in [1.165, 1.54) is 6.42 Å². The SMILES string of the molecule is CC1CCC(C(C)C)C(=[O+][O-])C1. The fourth-order valence-electron chi connectivity index (χ4n) is 2.02. The fraction of sp³-hybridized carbons (Fsp3) is 0.900. The van der Waals surface area contributed by atoms with Crippen molar-refractivity contribution in [2.45, 2.75) is 40.0 Å². The summed E-state index contributed by atoms with van der Waals surface area (Å²) in [6, 6.07) is 0. The van der Waals surface area contributed by atoms with Crippen molar-refractivity contribution < 1.29 is 9.83 Å². The number of hydrogen-bond acceptors (Lipinski definition) is 1. The van der Waals surface area contributed by atoms with E-state index in [4.69, 9.17) is 0 Å². The summed E-state index contributed by atoms with van der Waals surface area (Å²) in [4.78, 5) is 0. The molecule has 2 nitrogen and oxygen atoms in total. The molecule has 2 unspecified atom stereocenters. The van der Waals surface area contributed by atoms with Crippen molar-refractivity contribution in [3.05, 3.63) is 0 Å². The molecule has 1 aliphatic carbocycles. The molecule has 1 rings (SSSR count). The monoisotopic (exact) mass is 170 g/mol. The molecule has 0 aromatic heterocycles. The highest BCUT2D eigenvalue weighted by Gasteiger charge is 2.34. The fourth-order valence-corrected chi connectivity index (χ4v) is 2.02. The predicted molar refractivity (Wildman–Crippen MR) is 46.4 cm³/mol. The van der Waals surface area contributed by atoms with Crippen molar-refractivity contribution in [3.63, 3.8) is 0 Å². The Bertz CT molecular complexity index is 173. The summed E-state index contributed by atoms with van der Waals surface area (Å²) in [6.45, 7) is 6.48. The smallest absolute Gasteiger partial charge is 0.332 e. The van der Waals surface area contributed by atoms with E-state index in [1.54, 1.807) is 0 Å². The molecule has 0 amide bonds. The molecule has 0 radical (unpaired) electrons. The summed E-state index contributed by atoms with van der Waals surface area (Å²) >= 11 is 0. The molecule has 0 spiro atoms. The van der Waals surface area contributed by atoms with E-state index in [1.807, 2.05) is 0 Å². The Balaban J connectivity index is 2.63. The van der Waals surface area contributed by atoms with Gasteiger partial charge in [-0.25, -0.2) is 0 Å². The lowest BCUT2D eigenvalue weighted by Gasteiger charge is -2.24. The van der Waals surface area contributed by atoms with E-state index in [0.29, 0.717) is 17.8 Å². The van der Waals surface area contributed by atoms with Crippen molar-refractivity contribution in [1.82, 2.24) is 0 Å². The van der Waals surface area contributed by atoms with Gasteiger partial charge in [0, 0.05) is 0 Å². The largest absolute Gasteiger partial charge is 0.463 e. The Labute approximate surface area is 74.2 Å². The molecule has 1 aliphatic rings. The van der Waals surface area contributed by atoms with Gasteiger partial charge in [-0.1, -0.05) is 20.8 Å². The second-order valence-corrected chi connectivity index (χ2v) is 4.29. The molecular weight excluding hydrogens is 152 g/mol. The van der Waals surface area contributed by atoms with E-state index < -0.39 is 0 Å². The molecule has 0 heterocycles. The summed E-state index contributed by atoms with van der Waals surface area (Å²) in [6.07, 6.45) is 3.22. The summed E-state index contributed by atoms with van der Waals surface area (Å²) in [5, 5.41) is 10.4. The first-order valence-electron chi connectivity index (χ1n) is 4.80. The normalized spacial score (nSPS) is 34.5. The lowest BCUT2D eigenvalue weighted by molar-refractivity contribution is -1.05. The minimum Gasteiger partial charge on any atom is -0.463 e. The lowest BCUT2D eigenvalue weighted by atomic mass is 9.77. The summed E-state index contributed by atoms with van der Waals surface area (Å²) in [5.41, 5.74) is 0. The molecule has 0 aliphatic heterocycles. The van der Waals surface area contributed by atoms with Crippen LogP contribution in [0.3, 0.4) is 0 Å². The molecular formula is C10H18O2. The topological polar surface area (TPSA) is 34.4 Å². The molecule has 2 heteroatoms. The molecule has 1 saturated carbocycles. The standard InChI is InChI=1S/C10H18O2/c1-7(2)9-5-4-8(3)6-10(9)12-11/h7-9H,4-6H2,1-3H3. The predicted octanol–water partition coefficient (Wildman–Crippen LogP) is 1.46. The third-order valence-corrected chi connectivity index (χ3v) is 2.85. The highest BCUT2D eigenvalue weighted by Crippen LogP contribution is 2.30. The number of ketones is 1. The van der Waals surface area contributed by atoms with Crippen molar-refractivity contribution in [1.29, 1.82) is 0 Å². The van der Waals surface area contributed by atoms with Gasteiger partial charge in [0.05, 0.1) is 12.3 Å². The van der Waals surface area contributed by atoms with Gasteiger partial charge < -0.3 is 5.26 Å². The van der Waals surface area contributed by atoms with Crippen molar-refractivity contribution in [2.75, 3.05) is 0 Å². The van der Waals surface area contributed by atoms with Crippen LogP contribution < -0.4 is 5.26 Å². The second kappa shape index (κ2) is 3.92. The Morgan fingerprint density at radius 2 is 2.08 bits per heavy atom. The maximum atomic E-state index is 10.4. The van der Waals surface area contributed by atoms with Gasteiger partial charge in [-0.05, 0) is 24.7 Å². The zero-order valence-corrected chi connectivity index (χ0v) is 8.17. The average Bonchev–Trinajstić information content (AvgIpc) is 2.03. The maximum absolute atomic E-state index is 10.4. The van der Waals surface area contributed by atoms with Crippen molar-refractivity contribution in [2.24, 2.45) is 17.8 Å². The van der Waals surface area contributed by atoms with Gasteiger partial charge in [-0.3, -0.25) is 0 Å². The van der Waals surface area contributed by atoms with Gasteiger partial charge in [0.25, 0.3) is 0 Å².